The van der Waals surface area contributed by atoms with Crippen LogP contribution in [-0.4, -0.2) is 11.7 Å². The van der Waals surface area contributed by atoms with E-state index in [0.29, 0.717) is 5.88 Å². The quantitative estimate of drug-likeness (QED) is 0.505. The lowest BCUT2D eigenvalue weighted by Crippen LogP contribution is -2.15. The first kappa shape index (κ1) is 10.8. The molecule has 0 atom stereocenters. The second kappa shape index (κ2) is 5.43. The van der Waals surface area contributed by atoms with Gasteiger partial charge in [0.2, 0.25) is 0 Å². The van der Waals surface area contributed by atoms with Crippen LogP contribution in [0.15, 0.2) is 11.6 Å². The molecule has 1 aliphatic rings. The Balaban J connectivity index is 2.46. The van der Waals surface area contributed by atoms with Gasteiger partial charge in [-0.1, -0.05) is 24.8 Å². The molecule has 0 radical (unpaired) electrons. The van der Waals surface area contributed by atoms with Crippen molar-refractivity contribution >= 4 is 17.4 Å². The molecule has 13 heavy (non-hydrogen) atoms. The van der Waals surface area contributed by atoms with Crippen molar-refractivity contribution < 1.29 is 4.79 Å². The smallest absolute Gasteiger partial charge is 0.158 e. The van der Waals surface area contributed by atoms with E-state index < -0.39 is 0 Å². The van der Waals surface area contributed by atoms with Gasteiger partial charge in [-0.05, 0) is 25.8 Å². The maximum Gasteiger partial charge on any atom is 0.158 e. The number of hydrogen-bond acceptors (Lipinski definition) is 1. The summed E-state index contributed by atoms with van der Waals surface area (Å²) in [5.74, 6) is 1.04. The van der Waals surface area contributed by atoms with Gasteiger partial charge in [-0.15, -0.1) is 11.6 Å². The summed E-state index contributed by atoms with van der Waals surface area (Å²) in [7, 11) is 0. The van der Waals surface area contributed by atoms with Crippen LogP contribution in [0.25, 0.3) is 0 Å². The highest BCUT2D eigenvalue weighted by Crippen LogP contribution is 2.24. The van der Waals surface area contributed by atoms with Gasteiger partial charge in [0.1, 0.15) is 0 Å². The maximum atomic E-state index is 11.6. The third-order valence-corrected chi connectivity index (χ3v) is 3.03. The lowest BCUT2D eigenvalue weighted by Gasteiger charge is -2.18. The minimum absolute atomic E-state index is 0.284. The molecule has 1 fully saturated rings. The standard InChI is InChI=1S/C11H17ClO/c1-9(8-12)7-11(13)10-5-3-2-4-6-10/h7,10H,2-6,8H2,1H3/b9-7+. The van der Waals surface area contributed by atoms with Crippen molar-refractivity contribution in [2.24, 2.45) is 5.92 Å². The van der Waals surface area contributed by atoms with E-state index in [1.807, 2.05) is 6.92 Å². The summed E-state index contributed by atoms with van der Waals surface area (Å²) in [6.07, 6.45) is 7.59. The van der Waals surface area contributed by atoms with Crippen LogP contribution in [0.4, 0.5) is 0 Å². The van der Waals surface area contributed by atoms with Crippen molar-refractivity contribution in [2.75, 3.05) is 5.88 Å². The van der Waals surface area contributed by atoms with Gasteiger partial charge in [0.05, 0.1) is 0 Å². The highest BCUT2D eigenvalue weighted by molar-refractivity contribution is 6.19. The van der Waals surface area contributed by atoms with Gasteiger partial charge in [-0.2, -0.15) is 0 Å². The number of allylic oxidation sites excluding steroid dienone is 2. The fourth-order valence-corrected chi connectivity index (χ4v) is 1.86. The van der Waals surface area contributed by atoms with E-state index in [1.165, 1.54) is 19.3 Å². The molecule has 0 N–H and O–H groups in total. The summed E-state index contributed by atoms with van der Waals surface area (Å²) in [4.78, 5) is 11.6. The van der Waals surface area contributed by atoms with E-state index in [0.717, 1.165) is 18.4 Å². The topological polar surface area (TPSA) is 17.1 Å². The van der Waals surface area contributed by atoms with Gasteiger partial charge >= 0.3 is 0 Å². The molecule has 0 amide bonds. The Kier molecular flexibility index (Phi) is 4.51. The van der Waals surface area contributed by atoms with Crippen LogP contribution in [0.3, 0.4) is 0 Å². The monoisotopic (exact) mass is 200 g/mol. The van der Waals surface area contributed by atoms with Crippen molar-refractivity contribution in [3.05, 3.63) is 11.6 Å². The first-order valence-corrected chi connectivity index (χ1v) is 5.54. The molecule has 0 heterocycles. The molecule has 2 heteroatoms. The van der Waals surface area contributed by atoms with Gasteiger partial charge in [0.25, 0.3) is 0 Å². The van der Waals surface area contributed by atoms with Crippen LogP contribution in [0, 0.1) is 5.92 Å². The molecule has 0 aromatic carbocycles. The Hall–Kier alpha value is -0.300. The molecule has 0 bridgehead atoms. The van der Waals surface area contributed by atoms with Gasteiger partial charge in [-0.3, -0.25) is 4.79 Å². The van der Waals surface area contributed by atoms with Crippen molar-refractivity contribution in [1.29, 1.82) is 0 Å². The molecule has 0 aromatic heterocycles. The zero-order chi connectivity index (χ0) is 9.68. The minimum atomic E-state index is 0.284. The van der Waals surface area contributed by atoms with E-state index in [2.05, 4.69) is 0 Å². The Morgan fingerprint density at radius 3 is 2.54 bits per heavy atom. The molecule has 0 saturated heterocycles. The molecule has 74 valence electrons. The van der Waals surface area contributed by atoms with Crippen molar-refractivity contribution in [1.82, 2.24) is 0 Å². The van der Waals surface area contributed by atoms with E-state index in [9.17, 15) is 4.79 Å². The fourth-order valence-electron chi connectivity index (χ4n) is 1.79. The molecular formula is C11H17ClO. The summed E-state index contributed by atoms with van der Waals surface area (Å²) in [6.45, 7) is 1.91. The van der Waals surface area contributed by atoms with Gasteiger partial charge in [0, 0.05) is 11.8 Å². The third-order valence-electron chi connectivity index (χ3n) is 2.61. The summed E-state index contributed by atoms with van der Waals surface area (Å²) in [5.41, 5.74) is 0.984. The van der Waals surface area contributed by atoms with Crippen LogP contribution in [0.1, 0.15) is 39.0 Å². The fraction of sp³-hybridized carbons (Fsp3) is 0.727. The molecule has 1 rings (SSSR count). The Morgan fingerprint density at radius 1 is 1.38 bits per heavy atom. The molecule has 1 saturated carbocycles. The highest BCUT2D eigenvalue weighted by atomic mass is 35.5. The van der Waals surface area contributed by atoms with E-state index >= 15 is 0 Å². The number of carbonyl (C=O) groups excluding carboxylic acids is 1. The SMILES string of the molecule is C/C(=C\C(=O)C1CCCCC1)CCl. The normalized spacial score (nSPS) is 20.3. The molecular weight excluding hydrogens is 184 g/mol. The lowest BCUT2D eigenvalue weighted by atomic mass is 9.86. The van der Waals surface area contributed by atoms with E-state index in [4.69, 9.17) is 11.6 Å². The second-order valence-electron chi connectivity index (χ2n) is 3.86. The number of carbonyl (C=O) groups is 1. The van der Waals surface area contributed by atoms with Gasteiger partial charge < -0.3 is 0 Å². The van der Waals surface area contributed by atoms with Gasteiger partial charge in [-0.25, -0.2) is 0 Å². The summed E-state index contributed by atoms with van der Waals surface area (Å²) in [6, 6.07) is 0. The Labute approximate surface area is 85.2 Å². The summed E-state index contributed by atoms with van der Waals surface area (Å²) in [5, 5.41) is 0. The zero-order valence-corrected chi connectivity index (χ0v) is 8.94. The molecule has 1 nitrogen and oxygen atoms in total. The van der Waals surface area contributed by atoms with Crippen molar-refractivity contribution in [2.45, 2.75) is 39.0 Å². The number of hydrogen-bond donors (Lipinski definition) is 0. The van der Waals surface area contributed by atoms with Crippen molar-refractivity contribution in [3.63, 3.8) is 0 Å². The molecule has 0 spiro atoms. The van der Waals surface area contributed by atoms with Crippen molar-refractivity contribution in [3.8, 4) is 0 Å². The largest absolute Gasteiger partial charge is 0.295 e. The van der Waals surface area contributed by atoms with Crippen LogP contribution in [-0.2, 0) is 4.79 Å². The van der Waals surface area contributed by atoms with Gasteiger partial charge in [0.15, 0.2) is 5.78 Å². The average Bonchev–Trinajstić information content (AvgIpc) is 2.19. The summed E-state index contributed by atoms with van der Waals surface area (Å²) >= 11 is 5.61. The number of ketones is 1. The highest BCUT2D eigenvalue weighted by Gasteiger charge is 2.18. The van der Waals surface area contributed by atoms with Crippen LogP contribution < -0.4 is 0 Å². The molecule has 1 aliphatic carbocycles. The zero-order valence-electron chi connectivity index (χ0n) is 8.18. The van der Waals surface area contributed by atoms with Crippen LogP contribution in [0.2, 0.25) is 0 Å². The van der Waals surface area contributed by atoms with E-state index in [-0.39, 0.29) is 11.7 Å². The average molecular weight is 201 g/mol. The van der Waals surface area contributed by atoms with Crippen LogP contribution in [0.5, 0.6) is 0 Å². The predicted molar refractivity (Wildman–Crippen MR) is 56.1 cm³/mol. The number of halogens is 1. The maximum absolute atomic E-state index is 11.6. The predicted octanol–water partition coefficient (Wildman–Crippen LogP) is 3.32. The lowest BCUT2D eigenvalue weighted by molar-refractivity contribution is -0.119. The first-order valence-electron chi connectivity index (χ1n) is 5.01. The first-order chi connectivity index (χ1) is 6.24. The number of alkyl halides is 1. The second-order valence-corrected chi connectivity index (χ2v) is 4.13. The Bertz CT molecular complexity index is 202. The molecule has 0 aliphatic heterocycles. The Morgan fingerprint density at radius 2 is 2.00 bits per heavy atom. The summed E-state index contributed by atoms with van der Waals surface area (Å²) < 4.78 is 0. The minimum Gasteiger partial charge on any atom is -0.295 e. The van der Waals surface area contributed by atoms with E-state index in [1.54, 1.807) is 6.08 Å². The van der Waals surface area contributed by atoms with Crippen LogP contribution >= 0.6 is 11.6 Å². The number of rotatable bonds is 3. The molecule has 0 unspecified atom stereocenters. The molecule has 0 aromatic rings. The third kappa shape index (κ3) is 3.51.